The number of oxime groups is 1. The van der Waals surface area contributed by atoms with Gasteiger partial charge < -0.3 is 14.1 Å². The fraction of sp³-hybridized carbons (Fsp3) is 0.125. The van der Waals surface area contributed by atoms with Crippen molar-refractivity contribution in [1.29, 1.82) is 0 Å². The topological polar surface area (TPSA) is 82.6 Å². The lowest BCUT2D eigenvalue weighted by molar-refractivity contribution is -0.0499. The van der Waals surface area contributed by atoms with Crippen LogP contribution in [0.1, 0.15) is 11.5 Å². The largest absolute Gasteiger partial charge is 0.434 e. The highest BCUT2D eigenvalue weighted by Crippen LogP contribution is 2.18. The highest BCUT2D eigenvalue weighted by Gasteiger charge is 2.10. The van der Waals surface area contributed by atoms with Crippen LogP contribution in [0.15, 0.2) is 58.3 Å². The van der Waals surface area contributed by atoms with E-state index >= 15 is 0 Å². The average molecular weight is 346 g/mol. The highest BCUT2D eigenvalue weighted by molar-refractivity contribution is 5.83. The first-order valence-corrected chi connectivity index (χ1v) is 7.15. The van der Waals surface area contributed by atoms with Crippen molar-refractivity contribution in [3.05, 3.63) is 60.1 Å². The van der Waals surface area contributed by atoms with Gasteiger partial charge in [0.05, 0.1) is 6.21 Å². The van der Waals surface area contributed by atoms with Crippen LogP contribution in [-0.2, 0) is 11.4 Å². The van der Waals surface area contributed by atoms with Crippen LogP contribution >= 0.6 is 0 Å². The van der Waals surface area contributed by atoms with Gasteiger partial charge in [-0.2, -0.15) is 13.8 Å². The number of hydrogen-bond acceptors (Lipinski definition) is 7. The molecule has 0 bridgehead atoms. The molecule has 2 heterocycles. The zero-order valence-corrected chi connectivity index (χ0v) is 12.8. The van der Waals surface area contributed by atoms with E-state index in [1.807, 2.05) is 0 Å². The maximum atomic E-state index is 12.3. The van der Waals surface area contributed by atoms with Crippen LogP contribution in [0.25, 0.3) is 11.5 Å². The summed E-state index contributed by atoms with van der Waals surface area (Å²) in [6.07, 6.45) is 2.87. The van der Waals surface area contributed by atoms with Crippen molar-refractivity contribution in [3.63, 3.8) is 0 Å². The second kappa shape index (κ2) is 7.95. The third kappa shape index (κ3) is 4.56. The van der Waals surface area contributed by atoms with Crippen molar-refractivity contribution >= 4 is 6.21 Å². The van der Waals surface area contributed by atoms with Crippen molar-refractivity contribution in [1.82, 2.24) is 15.1 Å². The summed E-state index contributed by atoms with van der Waals surface area (Å²) >= 11 is 0. The number of rotatable bonds is 7. The van der Waals surface area contributed by atoms with Gasteiger partial charge in [-0.05, 0) is 24.3 Å². The Morgan fingerprint density at radius 1 is 1.16 bits per heavy atom. The first-order valence-electron chi connectivity index (χ1n) is 7.15. The minimum absolute atomic E-state index is 0.0000727. The summed E-state index contributed by atoms with van der Waals surface area (Å²) < 4.78 is 34.1. The predicted molar refractivity (Wildman–Crippen MR) is 83.0 cm³/mol. The van der Waals surface area contributed by atoms with Crippen LogP contribution in [-0.4, -0.2) is 28.0 Å². The van der Waals surface area contributed by atoms with Gasteiger partial charge in [0.2, 0.25) is 5.82 Å². The number of alkyl halides is 2. The number of halogens is 2. The summed E-state index contributed by atoms with van der Waals surface area (Å²) in [4.78, 5) is 13.3. The van der Waals surface area contributed by atoms with Crippen LogP contribution in [0.3, 0.4) is 0 Å². The molecule has 3 rings (SSSR count). The molecule has 0 amide bonds. The molecule has 0 aliphatic carbocycles. The van der Waals surface area contributed by atoms with E-state index in [2.05, 4.69) is 25.0 Å². The molecule has 0 fully saturated rings. The molecule has 128 valence electrons. The summed E-state index contributed by atoms with van der Waals surface area (Å²) in [6, 6.07) is 11.5. The number of hydrogen-bond donors (Lipinski definition) is 0. The Labute approximate surface area is 140 Å². The summed E-state index contributed by atoms with van der Waals surface area (Å²) in [6.45, 7) is -2.99. The van der Waals surface area contributed by atoms with Crippen molar-refractivity contribution < 1.29 is 22.9 Å². The maximum Gasteiger partial charge on any atom is 0.387 e. The smallest absolute Gasteiger partial charge is 0.387 e. The Morgan fingerprint density at radius 3 is 2.80 bits per heavy atom. The number of para-hydroxylation sites is 1. The predicted octanol–water partition coefficient (Wildman–Crippen LogP) is 3.28. The molecular weight excluding hydrogens is 334 g/mol. The van der Waals surface area contributed by atoms with Crippen LogP contribution in [0.4, 0.5) is 8.78 Å². The molecule has 0 saturated carbocycles. The number of ether oxygens (including phenoxy) is 1. The Balaban J connectivity index is 1.59. The standard InChI is InChI=1S/C16H12F2N4O3/c17-16(18)24-13-7-2-1-5-11(13)9-20-23-10-14-21-15(22-25-14)12-6-3-4-8-19-12/h1-9,16H,10H2. The van der Waals surface area contributed by atoms with E-state index in [-0.39, 0.29) is 18.2 Å². The van der Waals surface area contributed by atoms with Gasteiger partial charge in [0.15, 0.2) is 6.61 Å². The third-order valence-corrected chi connectivity index (χ3v) is 2.95. The molecule has 25 heavy (non-hydrogen) atoms. The summed E-state index contributed by atoms with van der Waals surface area (Å²) in [7, 11) is 0. The molecule has 3 aromatic rings. The van der Waals surface area contributed by atoms with Gasteiger partial charge >= 0.3 is 6.61 Å². The summed E-state index contributed by atoms with van der Waals surface area (Å²) in [5.74, 6) is 0.536. The van der Waals surface area contributed by atoms with Gasteiger partial charge in [-0.15, -0.1) is 0 Å². The lowest BCUT2D eigenvalue weighted by Gasteiger charge is -2.06. The van der Waals surface area contributed by atoms with Gasteiger partial charge in [-0.3, -0.25) is 4.98 Å². The first kappa shape index (κ1) is 16.5. The van der Waals surface area contributed by atoms with E-state index in [0.29, 0.717) is 17.1 Å². The van der Waals surface area contributed by atoms with Crippen molar-refractivity contribution in [3.8, 4) is 17.3 Å². The molecule has 0 radical (unpaired) electrons. The van der Waals surface area contributed by atoms with Crippen LogP contribution in [0.2, 0.25) is 0 Å². The summed E-state index contributed by atoms with van der Waals surface area (Å²) in [5, 5.41) is 7.48. The van der Waals surface area contributed by atoms with E-state index in [4.69, 9.17) is 9.36 Å². The van der Waals surface area contributed by atoms with E-state index in [1.165, 1.54) is 12.3 Å². The molecule has 0 N–H and O–H groups in total. The molecular formula is C16H12F2N4O3. The van der Waals surface area contributed by atoms with E-state index in [9.17, 15) is 8.78 Å². The van der Waals surface area contributed by atoms with Crippen molar-refractivity contribution in [2.75, 3.05) is 0 Å². The number of benzene rings is 1. The van der Waals surface area contributed by atoms with Gasteiger partial charge in [0.25, 0.3) is 5.89 Å². The third-order valence-electron chi connectivity index (χ3n) is 2.95. The van der Waals surface area contributed by atoms with Gasteiger partial charge in [0.1, 0.15) is 11.4 Å². The van der Waals surface area contributed by atoms with Crippen molar-refractivity contribution in [2.45, 2.75) is 13.2 Å². The summed E-state index contributed by atoms with van der Waals surface area (Å²) in [5.41, 5.74) is 0.918. The molecule has 0 unspecified atom stereocenters. The fourth-order valence-corrected chi connectivity index (χ4v) is 1.89. The molecule has 2 aromatic heterocycles. The molecule has 1 aromatic carbocycles. The Bertz CT molecular complexity index is 840. The molecule has 9 heteroatoms. The minimum Gasteiger partial charge on any atom is -0.434 e. The fourth-order valence-electron chi connectivity index (χ4n) is 1.89. The molecule has 0 aliphatic heterocycles. The molecule has 0 atom stereocenters. The normalized spacial score (nSPS) is 11.2. The van der Waals surface area contributed by atoms with Gasteiger partial charge in [0, 0.05) is 11.8 Å². The second-order valence-corrected chi connectivity index (χ2v) is 4.65. The van der Waals surface area contributed by atoms with Gasteiger partial charge in [-0.1, -0.05) is 28.5 Å². The monoisotopic (exact) mass is 346 g/mol. The van der Waals surface area contributed by atoms with Crippen LogP contribution in [0.5, 0.6) is 5.75 Å². The number of nitrogens with zero attached hydrogens (tertiary/aromatic N) is 4. The molecule has 7 nitrogen and oxygen atoms in total. The Hall–Kier alpha value is -3.36. The lowest BCUT2D eigenvalue weighted by atomic mass is 10.2. The Kier molecular flexibility index (Phi) is 5.25. The maximum absolute atomic E-state index is 12.3. The van der Waals surface area contributed by atoms with Crippen molar-refractivity contribution in [2.24, 2.45) is 5.16 Å². The minimum atomic E-state index is -2.92. The van der Waals surface area contributed by atoms with E-state index in [1.54, 1.807) is 42.6 Å². The molecule has 0 aliphatic rings. The number of pyridine rings is 1. The van der Waals surface area contributed by atoms with Gasteiger partial charge in [-0.25, -0.2) is 0 Å². The van der Waals surface area contributed by atoms with E-state index < -0.39 is 6.61 Å². The molecule has 0 saturated heterocycles. The average Bonchev–Trinajstić information content (AvgIpc) is 3.09. The second-order valence-electron chi connectivity index (χ2n) is 4.65. The highest BCUT2D eigenvalue weighted by atomic mass is 19.3. The lowest BCUT2D eigenvalue weighted by Crippen LogP contribution is -2.04. The molecule has 0 spiro atoms. The first-order chi connectivity index (χ1) is 12.2. The SMILES string of the molecule is FC(F)Oc1ccccc1C=NOCc1nc(-c2ccccn2)no1. The zero-order chi connectivity index (χ0) is 17.5. The van der Waals surface area contributed by atoms with E-state index in [0.717, 1.165) is 0 Å². The Morgan fingerprint density at radius 2 is 2.00 bits per heavy atom. The van der Waals surface area contributed by atoms with Crippen LogP contribution in [0, 0.1) is 0 Å². The van der Waals surface area contributed by atoms with Crippen LogP contribution < -0.4 is 4.74 Å². The zero-order valence-electron chi connectivity index (χ0n) is 12.8. The quantitative estimate of drug-likeness (QED) is 0.482. The number of aromatic nitrogens is 3.